The Bertz CT molecular complexity index is 1150. The summed E-state index contributed by atoms with van der Waals surface area (Å²) in [6.45, 7) is 1.68. The first-order valence-corrected chi connectivity index (χ1v) is 10.1. The first-order chi connectivity index (χ1) is 15.1. The van der Waals surface area contributed by atoms with E-state index in [1.54, 1.807) is 6.92 Å². The third-order valence-electron chi connectivity index (χ3n) is 5.67. The molecule has 1 aliphatic heterocycles. The van der Waals surface area contributed by atoms with E-state index in [4.69, 9.17) is 0 Å². The van der Waals surface area contributed by atoms with Gasteiger partial charge in [0, 0.05) is 40.6 Å². The van der Waals surface area contributed by atoms with Gasteiger partial charge < -0.3 is 10.6 Å². The molecule has 1 aliphatic carbocycles. The maximum atomic E-state index is 13.5. The van der Waals surface area contributed by atoms with Crippen LogP contribution in [0.4, 0.5) is 23.2 Å². The van der Waals surface area contributed by atoms with Gasteiger partial charge in [-0.25, -0.2) is 4.39 Å². The number of ketones is 1. The summed E-state index contributed by atoms with van der Waals surface area (Å²) >= 11 is 0. The molecule has 0 aromatic heterocycles. The molecular weight excluding hydrogens is 424 g/mol. The minimum atomic E-state index is -4.55. The van der Waals surface area contributed by atoms with Gasteiger partial charge in [0.15, 0.2) is 5.78 Å². The number of carbonyl (C=O) groups excluding carboxylic acids is 2. The number of anilines is 1. The quantitative estimate of drug-likeness (QED) is 0.619. The monoisotopic (exact) mass is 444 g/mol. The van der Waals surface area contributed by atoms with Crippen molar-refractivity contribution in [1.29, 1.82) is 0 Å². The molecule has 4 rings (SSSR count). The SMILES string of the molecule is CC1=C(C(=O)Nc2cccc(C(F)(F)F)c2)[C@H](c2ccc(F)cc2)C2=C(CCCC2=O)N1. The van der Waals surface area contributed by atoms with Crippen LogP contribution in [0.15, 0.2) is 71.1 Å². The molecule has 0 saturated carbocycles. The van der Waals surface area contributed by atoms with Crippen LogP contribution in [0.2, 0.25) is 0 Å². The van der Waals surface area contributed by atoms with Crippen LogP contribution in [0.5, 0.6) is 0 Å². The minimum absolute atomic E-state index is 0.0160. The van der Waals surface area contributed by atoms with Crippen LogP contribution in [-0.2, 0) is 15.8 Å². The average molecular weight is 444 g/mol. The number of amides is 1. The highest BCUT2D eigenvalue weighted by atomic mass is 19.4. The lowest BCUT2D eigenvalue weighted by atomic mass is 9.75. The third-order valence-corrected chi connectivity index (χ3v) is 5.67. The number of nitrogens with one attached hydrogen (secondary N) is 2. The molecule has 0 saturated heterocycles. The van der Waals surface area contributed by atoms with Gasteiger partial charge in [0.1, 0.15) is 5.82 Å². The van der Waals surface area contributed by atoms with E-state index in [1.165, 1.54) is 36.4 Å². The van der Waals surface area contributed by atoms with Crippen LogP contribution in [-0.4, -0.2) is 11.7 Å². The highest BCUT2D eigenvalue weighted by Crippen LogP contribution is 2.42. The van der Waals surface area contributed by atoms with Crippen molar-refractivity contribution in [3.8, 4) is 0 Å². The first kappa shape index (κ1) is 21.8. The zero-order chi connectivity index (χ0) is 23.0. The lowest BCUT2D eigenvalue weighted by molar-refractivity contribution is -0.137. The average Bonchev–Trinajstić information content (AvgIpc) is 2.73. The van der Waals surface area contributed by atoms with Crippen LogP contribution < -0.4 is 10.6 Å². The van der Waals surface area contributed by atoms with Crippen LogP contribution >= 0.6 is 0 Å². The molecule has 1 heterocycles. The number of dihydropyridines is 1. The van der Waals surface area contributed by atoms with Crippen molar-refractivity contribution in [2.45, 2.75) is 38.3 Å². The molecule has 0 radical (unpaired) electrons. The maximum absolute atomic E-state index is 13.5. The van der Waals surface area contributed by atoms with E-state index in [2.05, 4.69) is 10.6 Å². The maximum Gasteiger partial charge on any atom is 0.416 e. The molecule has 2 aliphatic rings. The molecule has 32 heavy (non-hydrogen) atoms. The van der Waals surface area contributed by atoms with E-state index in [1.807, 2.05) is 0 Å². The first-order valence-electron chi connectivity index (χ1n) is 10.1. The van der Waals surface area contributed by atoms with Crippen molar-refractivity contribution < 1.29 is 27.2 Å². The van der Waals surface area contributed by atoms with Gasteiger partial charge in [-0.1, -0.05) is 18.2 Å². The van der Waals surface area contributed by atoms with E-state index in [0.717, 1.165) is 17.8 Å². The fourth-order valence-electron chi connectivity index (χ4n) is 4.24. The predicted molar refractivity (Wildman–Crippen MR) is 111 cm³/mol. The molecule has 0 unspecified atom stereocenters. The molecule has 0 spiro atoms. The number of carbonyl (C=O) groups is 2. The molecule has 4 nitrogen and oxygen atoms in total. The van der Waals surface area contributed by atoms with Gasteiger partial charge >= 0.3 is 6.18 Å². The summed E-state index contributed by atoms with van der Waals surface area (Å²) in [5.74, 6) is -1.94. The van der Waals surface area contributed by atoms with Crippen LogP contribution in [0.25, 0.3) is 0 Å². The van der Waals surface area contributed by atoms with E-state index >= 15 is 0 Å². The number of allylic oxidation sites excluding steroid dienone is 3. The van der Waals surface area contributed by atoms with Crippen molar-refractivity contribution in [3.63, 3.8) is 0 Å². The number of hydrogen-bond donors (Lipinski definition) is 2. The second kappa shape index (κ2) is 8.26. The number of halogens is 4. The summed E-state index contributed by atoms with van der Waals surface area (Å²) in [5, 5.41) is 5.67. The van der Waals surface area contributed by atoms with Gasteiger partial charge in [-0.15, -0.1) is 0 Å². The molecular formula is C24H20F4N2O2. The Labute approximate surface area is 182 Å². The lowest BCUT2D eigenvalue weighted by Crippen LogP contribution is -2.35. The number of hydrogen-bond acceptors (Lipinski definition) is 3. The third kappa shape index (κ3) is 4.17. The highest BCUT2D eigenvalue weighted by Gasteiger charge is 2.38. The summed E-state index contributed by atoms with van der Waals surface area (Å²) in [6, 6.07) is 9.88. The fourth-order valence-corrected chi connectivity index (χ4v) is 4.24. The number of rotatable bonds is 3. The Kier molecular flexibility index (Phi) is 5.62. The zero-order valence-corrected chi connectivity index (χ0v) is 17.1. The van der Waals surface area contributed by atoms with Gasteiger partial charge in [-0.2, -0.15) is 13.2 Å². The number of alkyl halides is 3. The second-order valence-electron chi connectivity index (χ2n) is 7.85. The van der Waals surface area contributed by atoms with Crippen LogP contribution in [0.1, 0.15) is 43.2 Å². The molecule has 2 aromatic carbocycles. The second-order valence-corrected chi connectivity index (χ2v) is 7.85. The van der Waals surface area contributed by atoms with Crippen molar-refractivity contribution in [3.05, 3.63) is 88.0 Å². The van der Waals surface area contributed by atoms with E-state index < -0.39 is 29.4 Å². The summed E-state index contributed by atoms with van der Waals surface area (Å²) < 4.78 is 52.7. The van der Waals surface area contributed by atoms with E-state index in [9.17, 15) is 27.2 Å². The zero-order valence-electron chi connectivity index (χ0n) is 17.1. The molecule has 1 atom stereocenters. The summed E-state index contributed by atoms with van der Waals surface area (Å²) in [4.78, 5) is 26.1. The van der Waals surface area contributed by atoms with Crippen molar-refractivity contribution >= 4 is 17.4 Å². The molecule has 8 heteroatoms. The van der Waals surface area contributed by atoms with Crippen LogP contribution in [0, 0.1) is 5.82 Å². The molecule has 1 amide bonds. The Balaban J connectivity index is 1.75. The van der Waals surface area contributed by atoms with Gasteiger partial charge in [0.2, 0.25) is 0 Å². The number of benzene rings is 2. The predicted octanol–water partition coefficient (Wildman–Crippen LogP) is 5.45. The smallest absolute Gasteiger partial charge is 0.362 e. The van der Waals surface area contributed by atoms with Crippen molar-refractivity contribution in [2.24, 2.45) is 0 Å². The summed E-state index contributed by atoms with van der Waals surface area (Å²) in [5.41, 5.74) is 1.54. The molecule has 0 bridgehead atoms. The van der Waals surface area contributed by atoms with Gasteiger partial charge in [-0.05, 0) is 55.7 Å². The molecule has 2 aromatic rings. The summed E-state index contributed by atoms with van der Waals surface area (Å²) in [6.07, 6.45) is -2.90. The summed E-state index contributed by atoms with van der Waals surface area (Å²) in [7, 11) is 0. The Hall–Kier alpha value is -3.42. The molecule has 2 N–H and O–H groups in total. The Morgan fingerprint density at radius 1 is 1.09 bits per heavy atom. The van der Waals surface area contributed by atoms with Gasteiger partial charge in [0.25, 0.3) is 5.91 Å². The van der Waals surface area contributed by atoms with Gasteiger partial charge in [-0.3, -0.25) is 9.59 Å². The highest BCUT2D eigenvalue weighted by molar-refractivity contribution is 6.09. The molecule has 0 fully saturated rings. The van der Waals surface area contributed by atoms with Crippen molar-refractivity contribution in [2.75, 3.05) is 5.32 Å². The topological polar surface area (TPSA) is 58.2 Å². The normalized spacial score (nSPS) is 18.9. The Morgan fingerprint density at radius 3 is 2.50 bits per heavy atom. The Morgan fingerprint density at radius 2 is 1.81 bits per heavy atom. The number of Topliss-reactive ketones (excluding diaryl/α,β-unsaturated/α-hetero) is 1. The fraction of sp³-hybridized carbons (Fsp3) is 0.250. The largest absolute Gasteiger partial charge is 0.416 e. The van der Waals surface area contributed by atoms with E-state index in [-0.39, 0.29) is 17.0 Å². The minimum Gasteiger partial charge on any atom is -0.362 e. The van der Waals surface area contributed by atoms with Crippen LogP contribution in [0.3, 0.4) is 0 Å². The standard InChI is InChI=1S/C24H20F4N2O2/c1-13-20(23(32)30-17-5-2-4-15(12-17)24(26,27)28)21(14-8-10-16(25)11-9-14)22-18(29-13)6-3-7-19(22)31/h2,4-5,8-12,21,29H,3,6-7H2,1H3,(H,30,32)/t21-/m0/s1. The molecule has 166 valence electrons. The lowest BCUT2D eigenvalue weighted by Gasteiger charge is -2.34. The van der Waals surface area contributed by atoms with E-state index in [0.29, 0.717) is 36.1 Å². The van der Waals surface area contributed by atoms with Gasteiger partial charge in [0.05, 0.1) is 5.56 Å². The van der Waals surface area contributed by atoms with Crippen molar-refractivity contribution in [1.82, 2.24) is 5.32 Å².